The monoisotopic (exact) mass is 517 g/mol. The smallest absolute Gasteiger partial charge is 0.264 e. The van der Waals surface area contributed by atoms with Gasteiger partial charge in [-0.25, -0.2) is 13.8 Å². The van der Waals surface area contributed by atoms with Crippen molar-refractivity contribution in [3.8, 4) is 17.2 Å². The van der Waals surface area contributed by atoms with E-state index >= 15 is 0 Å². The van der Waals surface area contributed by atoms with Gasteiger partial charge in [-0.1, -0.05) is 35.9 Å². The summed E-state index contributed by atoms with van der Waals surface area (Å²) in [6, 6.07) is 17.4. The van der Waals surface area contributed by atoms with Crippen LogP contribution in [0, 0.1) is 0 Å². The first kappa shape index (κ1) is 25.9. The van der Waals surface area contributed by atoms with E-state index in [1.807, 2.05) is 0 Å². The van der Waals surface area contributed by atoms with Gasteiger partial charge < -0.3 is 14.2 Å². The van der Waals surface area contributed by atoms with Crippen molar-refractivity contribution in [1.29, 1.82) is 0 Å². The van der Waals surface area contributed by atoms with E-state index in [1.54, 1.807) is 36.4 Å². The van der Waals surface area contributed by atoms with Gasteiger partial charge in [0.1, 0.15) is 12.3 Å². The molecule has 0 saturated carbocycles. The van der Waals surface area contributed by atoms with E-state index in [2.05, 4.69) is 10.5 Å². The van der Waals surface area contributed by atoms with E-state index in [1.165, 1.54) is 57.9 Å². The summed E-state index contributed by atoms with van der Waals surface area (Å²) in [5, 5.41) is 4.14. The van der Waals surface area contributed by atoms with E-state index in [4.69, 9.17) is 25.8 Å². The Bertz CT molecular complexity index is 1320. The van der Waals surface area contributed by atoms with Gasteiger partial charge in [0.2, 0.25) is 0 Å². The summed E-state index contributed by atoms with van der Waals surface area (Å²) < 4.78 is 43.4. The Hall–Kier alpha value is -3.76. The van der Waals surface area contributed by atoms with Gasteiger partial charge in [0, 0.05) is 5.56 Å². The van der Waals surface area contributed by atoms with Crippen molar-refractivity contribution >= 4 is 39.4 Å². The van der Waals surface area contributed by atoms with Gasteiger partial charge in [0.05, 0.1) is 43.1 Å². The molecule has 0 atom stereocenters. The standard InChI is InChI=1S/C24H24ClN3O6S/c1-32-21-13-12-18(14-20(21)25)28(35(30,31)19-9-5-4-6-10-19)16-23(29)27-26-15-17-8-7-11-22(33-2)24(17)34-3/h4-15H,16H2,1-3H3,(H,27,29)/b26-15+. The average Bonchev–Trinajstić information content (AvgIpc) is 2.87. The van der Waals surface area contributed by atoms with Gasteiger partial charge >= 0.3 is 0 Å². The fourth-order valence-electron chi connectivity index (χ4n) is 3.20. The highest BCUT2D eigenvalue weighted by molar-refractivity contribution is 7.92. The largest absolute Gasteiger partial charge is 0.495 e. The molecule has 0 heterocycles. The maximum atomic E-state index is 13.4. The number of para-hydroxylation sites is 1. The van der Waals surface area contributed by atoms with Crippen molar-refractivity contribution < 1.29 is 27.4 Å². The van der Waals surface area contributed by atoms with Crippen molar-refractivity contribution in [2.24, 2.45) is 5.10 Å². The molecule has 0 bridgehead atoms. The number of nitrogens with zero attached hydrogens (tertiary/aromatic N) is 2. The summed E-state index contributed by atoms with van der Waals surface area (Å²) in [4.78, 5) is 12.8. The molecule has 1 amide bonds. The predicted molar refractivity (Wildman–Crippen MR) is 134 cm³/mol. The number of carbonyl (C=O) groups is 1. The Labute approximate surface area is 208 Å². The second-order valence-electron chi connectivity index (χ2n) is 7.02. The molecule has 1 N–H and O–H groups in total. The number of sulfonamides is 1. The summed E-state index contributed by atoms with van der Waals surface area (Å²) in [5.41, 5.74) is 3.10. The molecular weight excluding hydrogens is 494 g/mol. The lowest BCUT2D eigenvalue weighted by Gasteiger charge is -2.24. The number of hydrazone groups is 1. The zero-order valence-corrected chi connectivity index (χ0v) is 20.8. The zero-order chi connectivity index (χ0) is 25.4. The maximum absolute atomic E-state index is 13.4. The van der Waals surface area contributed by atoms with Crippen LogP contribution in [0.4, 0.5) is 5.69 Å². The Morgan fingerprint density at radius 3 is 2.31 bits per heavy atom. The Kier molecular flexibility index (Phi) is 8.56. The van der Waals surface area contributed by atoms with Crippen molar-refractivity contribution in [1.82, 2.24) is 5.43 Å². The minimum atomic E-state index is -4.10. The Morgan fingerprint density at radius 2 is 1.69 bits per heavy atom. The second kappa shape index (κ2) is 11.6. The lowest BCUT2D eigenvalue weighted by Crippen LogP contribution is -2.39. The van der Waals surface area contributed by atoms with Gasteiger partial charge in [-0.05, 0) is 42.5 Å². The highest BCUT2D eigenvalue weighted by Crippen LogP contribution is 2.32. The van der Waals surface area contributed by atoms with Crippen LogP contribution in [0.1, 0.15) is 5.56 Å². The first-order chi connectivity index (χ1) is 16.8. The Balaban J connectivity index is 1.87. The number of rotatable bonds is 10. The topological polar surface area (TPSA) is 107 Å². The summed E-state index contributed by atoms with van der Waals surface area (Å²) >= 11 is 6.22. The number of anilines is 1. The lowest BCUT2D eigenvalue weighted by atomic mass is 10.2. The van der Waals surface area contributed by atoms with Gasteiger partial charge in [0.15, 0.2) is 11.5 Å². The summed E-state index contributed by atoms with van der Waals surface area (Å²) in [6.45, 7) is -0.549. The minimum absolute atomic E-state index is 0.0179. The van der Waals surface area contributed by atoms with Crippen LogP contribution in [0.25, 0.3) is 0 Å². The molecule has 0 unspecified atom stereocenters. The van der Waals surface area contributed by atoms with Crippen LogP contribution >= 0.6 is 11.6 Å². The molecular formula is C24H24ClN3O6S. The molecule has 0 aliphatic heterocycles. The molecule has 11 heteroatoms. The SMILES string of the molecule is COc1ccc(N(CC(=O)N/N=C/c2cccc(OC)c2OC)S(=O)(=O)c2ccccc2)cc1Cl. The molecule has 0 radical (unpaired) electrons. The molecule has 3 rings (SSSR count). The highest BCUT2D eigenvalue weighted by atomic mass is 35.5. The number of nitrogens with one attached hydrogen (secondary N) is 1. The molecule has 0 aliphatic carbocycles. The van der Waals surface area contributed by atoms with Crippen LogP contribution in [0.2, 0.25) is 5.02 Å². The zero-order valence-electron chi connectivity index (χ0n) is 19.3. The fraction of sp³-hybridized carbons (Fsp3) is 0.167. The highest BCUT2D eigenvalue weighted by Gasteiger charge is 2.27. The number of halogens is 1. The fourth-order valence-corrected chi connectivity index (χ4v) is 4.88. The van der Waals surface area contributed by atoms with E-state index in [-0.39, 0.29) is 15.6 Å². The first-order valence-electron chi connectivity index (χ1n) is 10.3. The molecule has 0 fully saturated rings. The van der Waals surface area contributed by atoms with Crippen LogP contribution in [-0.4, -0.2) is 48.4 Å². The number of hydrogen-bond acceptors (Lipinski definition) is 7. The van der Waals surface area contributed by atoms with E-state index in [0.717, 1.165) is 4.31 Å². The van der Waals surface area contributed by atoms with Gasteiger partial charge in [0.25, 0.3) is 15.9 Å². The predicted octanol–water partition coefficient (Wildman–Crippen LogP) is 3.71. The second-order valence-corrected chi connectivity index (χ2v) is 9.29. The molecule has 3 aromatic rings. The number of amides is 1. The summed E-state index contributed by atoms with van der Waals surface area (Å²) in [5.74, 6) is 0.636. The van der Waals surface area contributed by atoms with E-state index < -0.39 is 22.5 Å². The quantitative estimate of drug-likeness (QED) is 0.324. The molecule has 0 aliphatic rings. The van der Waals surface area contributed by atoms with E-state index in [0.29, 0.717) is 22.8 Å². The van der Waals surface area contributed by atoms with Crippen molar-refractivity contribution in [3.05, 3.63) is 77.3 Å². The van der Waals surface area contributed by atoms with Gasteiger partial charge in [-0.15, -0.1) is 0 Å². The van der Waals surface area contributed by atoms with Gasteiger partial charge in [-0.2, -0.15) is 5.10 Å². The van der Waals surface area contributed by atoms with Crippen molar-refractivity contribution in [2.75, 3.05) is 32.2 Å². The van der Waals surface area contributed by atoms with Crippen molar-refractivity contribution in [2.45, 2.75) is 4.90 Å². The number of hydrogen-bond donors (Lipinski definition) is 1. The maximum Gasteiger partial charge on any atom is 0.264 e. The molecule has 35 heavy (non-hydrogen) atoms. The van der Waals surface area contributed by atoms with E-state index in [9.17, 15) is 13.2 Å². The number of methoxy groups -OCH3 is 3. The minimum Gasteiger partial charge on any atom is -0.495 e. The summed E-state index contributed by atoms with van der Waals surface area (Å²) in [7, 11) is 0.343. The average molecular weight is 518 g/mol. The number of carbonyl (C=O) groups excluding carboxylic acids is 1. The normalized spacial score (nSPS) is 11.2. The van der Waals surface area contributed by atoms with Gasteiger partial charge in [-0.3, -0.25) is 9.10 Å². The molecule has 3 aromatic carbocycles. The third-order valence-corrected chi connectivity index (χ3v) is 6.95. The van der Waals surface area contributed by atoms with Crippen LogP contribution in [-0.2, 0) is 14.8 Å². The van der Waals surface area contributed by atoms with Crippen LogP contribution in [0.5, 0.6) is 17.2 Å². The van der Waals surface area contributed by atoms with Crippen molar-refractivity contribution in [3.63, 3.8) is 0 Å². The van der Waals surface area contributed by atoms with Crippen LogP contribution in [0.3, 0.4) is 0 Å². The Morgan fingerprint density at radius 1 is 0.971 bits per heavy atom. The molecule has 0 spiro atoms. The molecule has 0 aromatic heterocycles. The third-order valence-electron chi connectivity index (χ3n) is 4.87. The van der Waals surface area contributed by atoms with Crippen LogP contribution in [0.15, 0.2) is 76.7 Å². The molecule has 0 saturated heterocycles. The summed E-state index contributed by atoms with van der Waals surface area (Å²) in [6.07, 6.45) is 1.37. The molecule has 184 valence electrons. The first-order valence-corrected chi connectivity index (χ1v) is 12.1. The third kappa shape index (κ3) is 6.03. The number of benzene rings is 3. The van der Waals surface area contributed by atoms with Crippen LogP contribution < -0.4 is 23.9 Å². The lowest BCUT2D eigenvalue weighted by molar-refractivity contribution is -0.119. The molecule has 9 nitrogen and oxygen atoms in total. The number of ether oxygens (including phenoxy) is 3.